The maximum atomic E-state index is 12.1. The number of hydrogen-bond donors (Lipinski definition) is 0. The van der Waals surface area contributed by atoms with Crippen LogP contribution in [-0.4, -0.2) is 55.0 Å². The van der Waals surface area contributed by atoms with Gasteiger partial charge in [0, 0.05) is 25.3 Å². The van der Waals surface area contributed by atoms with Gasteiger partial charge in [-0.25, -0.2) is 4.79 Å². The van der Waals surface area contributed by atoms with Crippen molar-refractivity contribution in [2.75, 3.05) is 31.1 Å². The van der Waals surface area contributed by atoms with E-state index in [2.05, 4.69) is 25.7 Å². The Bertz CT molecular complexity index is 532. The number of nitrogens with zero attached hydrogens (tertiary/aromatic N) is 2. The Balaban J connectivity index is 1.62. The first kappa shape index (κ1) is 15.3. The van der Waals surface area contributed by atoms with Gasteiger partial charge in [-0.1, -0.05) is 18.2 Å². The molecule has 2 aliphatic rings. The third-order valence-corrected chi connectivity index (χ3v) is 4.04. The normalized spacial score (nSPS) is 28.7. The molecule has 2 fully saturated rings. The Labute approximate surface area is 131 Å². The number of hydrogen-bond acceptors (Lipinski definition) is 4. The molecule has 1 amide bonds. The van der Waals surface area contributed by atoms with E-state index in [-0.39, 0.29) is 23.9 Å². The molecule has 5 nitrogen and oxygen atoms in total. The molecule has 0 radical (unpaired) electrons. The molecule has 5 heteroatoms. The minimum atomic E-state index is -0.253. The molecule has 0 aliphatic carbocycles. The highest BCUT2D eigenvalue weighted by molar-refractivity contribution is 5.89. The summed E-state index contributed by atoms with van der Waals surface area (Å²) in [6.45, 7) is 9.39. The van der Waals surface area contributed by atoms with E-state index in [1.165, 1.54) is 0 Å². The van der Waals surface area contributed by atoms with Gasteiger partial charge in [-0.3, -0.25) is 9.80 Å². The average Bonchev–Trinajstić information content (AvgIpc) is 2.78. The number of morpholine rings is 1. The van der Waals surface area contributed by atoms with Gasteiger partial charge in [0.25, 0.3) is 0 Å². The van der Waals surface area contributed by atoms with Crippen molar-refractivity contribution in [3.63, 3.8) is 0 Å². The Morgan fingerprint density at radius 2 is 1.95 bits per heavy atom. The second kappa shape index (κ2) is 5.89. The lowest BCUT2D eigenvalue weighted by Crippen LogP contribution is -2.53. The lowest BCUT2D eigenvalue weighted by molar-refractivity contribution is -0.132. The Kier molecular flexibility index (Phi) is 4.10. The number of benzene rings is 1. The summed E-state index contributed by atoms with van der Waals surface area (Å²) in [5, 5.41) is 0. The third-order valence-electron chi connectivity index (χ3n) is 4.04. The van der Waals surface area contributed by atoms with Crippen molar-refractivity contribution in [2.24, 2.45) is 0 Å². The van der Waals surface area contributed by atoms with Crippen LogP contribution in [0, 0.1) is 0 Å². The summed E-state index contributed by atoms with van der Waals surface area (Å²) < 4.78 is 11.5. The number of ether oxygens (including phenoxy) is 2. The molecule has 1 aromatic carbocycles. The molecule has 0 aromatic heterocycles. The fourth-order valence-electron chi connectivity index (χ4n) is 3.45. The van der Waals surface area contributed by atoms with Crippen LogP contribution in [0.2, 0.25) is 0 Å². The second-order valence-corrected chi connectivity index (χ2v) is 6.83. The molecule has 3 rings (SSSR count). The summed E-state index contributed by atoms with van der Waals surface area (Å²) in [6.07, 6.45) is -0.142. The third kappa shape index (κ3) is 3.42. The fraction of sp³-hybridized carbons (Fsp3) is 0.588. The van der Waals surface area contributed by atoms with E-state index in [0.717, 1.165) is 25.3 Å². The topological polar surface area (TPSA) is 42.0 Å². The quantitative estimate of drug-likeness (QED) is 0.860. The van der Waals surface area contributed by atoms with E-state index in [0.29, 0.717) is 6.54 Å². The predicted octanol–water partition coefficient (Wildman–Crippen LogP) is 2.51. The molecule has 0 spiro atoms. The van der Waals surface area contributed by atoms with Gasteiger partial charge in [-0.15, -0.1) is 0 Å². The number of carbonyl (C=O) groups excluding carboxylic acids is 1. The van der Waals surface area contributed by atoms with Gasteiger partial charge >= 0.3 is 6.09 Å². The Morgan fingerprint density at radius 3 is 2.64 bits per heavy atom. The van der Waals surface area contributed by atoms with Gasteiger partial charge in [-0.05, 0) is 32.9 Å². The van der Waals surface area contributed by atoms with Gasteiger partial charge in [0.15, 0.2) is 0 Å². The maximum Gasteiger partial charge on any atom is 0.414 e. The summed E-state index contributed by atoms with van der Waals surface area (Å²) in [7, 11) is 0. The first-order chi connectivity index (χ1) is 10.4. The summed E-state index contributed by atoms with van der Waals surface area (Å²) >= 11 is 0. The van der Waals surface area contributed by atoms with Crippen LogP contribution in [0.25, 0.3) is 0 Å². The van der Waals surface area contributed by atoms with Crippen molar-refractivity contribution >= 4 is 11.8 Å². The smallest absolute Gasteiger partial charge is 0.414 e. The minimum absolute atomic E-state index is 0.0891. The standard InChI is InChI=1S/C17H24N2O3/c1-13-9-18(12-17(2,3)22-13)10-15-11-19(16(20)21-15)14-7-5-4-6-8-14/h4-8,13,15H,9-12H2,1-3H3/t13-,15+/m0/s1. The van der Waals surface area contributed by atoms with E-state index in [1.54, 1.807) is 4.90 Å². The average molecular weight is 304 g/mol. The van der Waals surface area contributed by atoms with E-state index in [1.807, 2.05) is 30.3 Å². The molecule has 2 saturated heterocycles. The van der Waals surface area contributed by atoms with Crippen LogP contribution in [0.1, 0.15) is 20.8 Å². The van der Waals surface area contributed by atoms with E-state index >= 15 is 0 Å². The maximum absolute atomic E-state index is 12.1. The number of cyclic esters (lactones) is 1. The van der Waals surface area contributed by atoms with Crippen molar-refractivity contribution in [3.8, 4) is 0 Å². The zero-order valence-electron chi connectivity index (χ0n) is 13.5. The van der Waals surface area contributed by atoms with Crippen LogP contribution in [0.3, 0.4) is 0 Å². The summed E-state index contributed by atoms with van der Waals surface area (Å²) in [5.74, 6) is 0. The van der Waals surface area contributed by atoms with E-state index in [4.69, 9.17) is 9.47 Å². The Hall–Kier alpha value is -1.59. The van der Waals surface area contributed by atoms with Crippen LogP contribution < -0.4 is 4.90 Å². The number of para-hydroxylation sites is 1. The molecule has 2 aliphatic heterocycles. The van der Waals surface area contributed by atoms with E-state index < -0.39 is 0 Å². The number of carbonyl (C=O) groups is 1. The highest BCUT2D eigenvalue weighted by Gasteiger charge is 2.37. The van der Waals surface area contributed by atoms with Gasteiger partial charge < -0.3 is 9.47 Å². The van der Waals surface area contributed by atoms with Gasteiger partial charge in [0.2, 0.25) is 0 Å². The SMILES string of the molecule is C[C@H]1CN(C[C@@H]2CN(c3ccccc3)C(=O)O2)CC(C)(C)O1. The summed E-state index contributed by atoms with van der Waals surface area (Å²) in [4.78, 5) is 16.1. The van der Waals surface area contributed by atoms with Crippen molar-refractivity contribution < 1.29 is 14.3 Å². The van der Waals surface area contributed by atoms with Gasteiger partial charge in [-0.2, -0.15) is 0 Å². The molecule has 2 atom stereocenters. The largest absolute Gasteiger partial charge is 0.443 e. The highest BCUT2D eigenvalue weighted by atomic mass is 16.6. The fourth-order valence-corrected chi connectivity index (χ4v) is 3.45. The Morgan fingerprint density at radius 1 is 1.23 bits per heavy atom. The summed E-state index contributed by atoms with van der Waals surface area (Å²) in [5.41, 5.74) is 0.741. The molecule has 2 heterocycles. The summed E-state index contributed by atoms with van der Waals surface area (Å²) in [6, 6.07) is 9.68. The highest BCUT2D eigenvalue weighted by Crippen LogP contribution is 2.24. The van der Waals surface area contributed by atoms with E-state index in [9.17, 15) is 4.79 Å². The van der Waals surface area contributed by atoms with Crippen LogP contribution in [0.15, 0.2) is 30.3 Å². The van der Waals surface area contributed by atoms with Gasteiger partial charge in [0.05, 0.1) is 18.2 Å². The van der Waals surface area contributed by atoms with Crippen LogP contribution >= 0.6 is 0 Å². The lowest BCUT2D eigenvalue weighted by atomic mass is 10.1. The minimum Gasteiger partial charge on any atom is -0.443 e. The zero-order valence-corrected chi connectivity index (χ0v) is 13.5. The molecule has 1 aromatic rings. The van der Waals surface area contributed by atoms with Crippen LogP contribution in [-0.2, 0) is 9.47 Å². The second-order valence-electron chi connectivity index (χ2n) is 6.83. The predicted molar refractivity (Wildman–Crippen MR) is 85.1 cm³/mol. The zero-order chi connectivity index (χ0) is 15.7. The molecule has 120 valence electrons. The lowest BCUT2D eigenvalue weighted by Gasteiger charge is -2.42. The van der Waals surface area contributed by atoms with Crippen LogP contribution in [0.5, 0.6) is 0 Å². The number of anilines is 1. The van der Waals surface area contributed by atoms with Crippen molar-refractivity contribution in [2.45, 2.75) is 38.6 Å². The molecular weight excluding hydrogens is 280 g/mol. The van der Waals surface area contributed by atoms with Crippen molar-refractivity contribution in [3.05, 3.63) is 30.3 Å². The molecule has 0 bridgehead atoms. The van der Waals surface area contributed by atoms with Crippen molar-refractivity contribution in [1.82, 2.24) is 4.90 Å². The van der Waals surface area contributed by atoms with Crippen molar-refractivity contribution in [1.29, 1.82) is 0 Å². The number of rotatable bonds is 3. The monoisotopic (exact) mass is 304 g/mol. The number of amides is 1. The first-order valence-corrected chi connectivity index (χ1v) is 7.86. The first-order valence-electron chi connectivity index (χ1n) is 7.86. The molecule has 0 saturated carbocycles. The molecule has 0 unspecified atom stereocenters. The molecule has 22 heavy (non-hydrogen) atoms. The molecular formula is C17H24N2O3. The van der Waals surface area contributed by atoms with Crippen LogP contribution in [0.4, 0.5) is 10.5 Å². The van der Waals surface area contributed by atoms with Gasteiger partial charge in [0.1, 0.15) is 6.10 Å². The molecule has 0 N–H and O–H groups in total.